The van der Waals surface area contributed by atoms with E-state index in [1.807, 2.05) is 26.0 Å². The summed E-state index contributed by atoms with van der Waals surface area (Å²) in [6.07, 6.45) is 2.04. The molecule has 100 valence electrons. The molecule has 0 heterocycles. The monoisotopic (exact) mass is 249 g/mol. The van der Waals surface area contributed by atoms with Gasteiger partial charge in [0.25, 0.3) is 0 Å². The highest BCUT2D eigenvalue weighted by Crippen LogP contribution is 2.11. The van der Waals surface area contributed by atoms with Crippen LogP contribution in [-0.2, 0) is 11.3 Å². The molecule has 0 aliphatic rings. The molecule has 0 spiro atoms. The standard InChI is InChI=1S/C15H23NO2/c1-4-10-18-15-7-5-14(6-8-15)12-16-9-11-17-13(2)3/h4-8,13,16H,1,9-12H2,2-3H3. The van der Waals surface area contributed by atoms with Crippen molar-refractivity contribution < 1.29 is 9.47 Å². The first kappa shape index (κ1) is 14.7. The van der Waals surface area contributed by atoms with Gasteiger partial charge >= 0.3 is 0 Å². The molecule has 1 N–H and O–H groups in total. The summed E-state index contributed by atoms with van der Waals surface area (Å²) in [5.41, 5.74) is 1.24. The van der Waals surface area contributed by atoms with Gasteiger partial charge in [-0.05, 0) is 31.5 Å². The highest BCUT2D eigenvalue weighted by molar-refractivity contribution is 5.27. The fourth-order valence-corrected chi connectivity index (χ4v) is 1.46. The minimum Gasteiger partial charge on any atom is -0.490 e. The van der Waals surface area contributed by atoms with Crippen molar-refractivity contribution in [1.29, 1.82) is 0 Å². The van der Waals surface area contributed by atoms with Crippen LogP contribution in [0.1, 0.15) is 19.4 Å². The van der Waals surface area contributed by atoms with Gasteiger partial charge in [-0.3, -0.25) is 0 Å². The first-order chi connectivity index (χ1) is 8.72. The van der Waals surface area contributed by atoms with Crippen molar-refractivity contribution in [1.82, 2.24) is 5.32 Å². The van der Waals surface area contributed by atoms with E-state index in [0.29, 0.717) is 12.7 Å². The summed E-state index contributed by atoms with van der Waals surface area (Å²) in [6, 6.07) is 8.08. The summed E-state index contributed by atoms with van der Waals surface area (Å²) in [5, 5.41) is 3.34. The Labute approximate surface area is 110 Å². The van der Waals surface area contributed by atoms with Gasteiger partial charge < -0.3 is 14.8 Å². The molecule has 0 saturated heterocycles. The van der Waals surface area contributed by atoms with Crippen LogP contribution >= 0.6 is 0 Å². The average molecular weight is 249 g/mol. The van der Waals surface area contributed by atoms with Crippen molar-refractivity contribution in [3.05, 3.63) is 42.5 Å². The van der Waals surface area contributed by atoms with Crippen LogP contribution in [0.15, 0.2) is 36.9 Å². The molecular weight excluding hydrogens is 226 g/mol. The summed E-state index contributed by atoms with van der Waals surface area (Å²) in [7, 11) is 0. The minimum atomic E-state index is 0.299. The predicted molar refractivity (Wildman–Crippen MR) is 74.9 cm³/mol. The molecule has 0 amide bonds. The predicted octanol–water partition coefficient (Wildman–Crippen LogP) is 2.77. The summed E-state index contributed by atoms with van der Waals surface area (Å²) in [6.45, 7) is 10.7. The van der Waals surface area contributed by atoms with Crippen molar-refractivity contribution in [2.24, 2.45) is 0 Å². The summed E-state index contributed by atoms with van der Waals surface area (Å²) >= 11 is 0. The molecule has 18 heavy (non-hydrogen) atoms. The third-order valence-electron chi connectivity index (χ3n) is 2.35. The zero-order chi connectivity index (χ0) is 13.2. The number of hydrogen-bond acceptors (Lipinski definition) is 3. The van der Waals surface area contributed by atoms with Gasteiger partial charge in [0.2, 0.25) is 0 Å². The molecule has 0 aliphatic carbocycles. The van der Waals surface area contributed by atoms with E-state index in [-0.39, 0.29) is 0 Å². The van der Waals surface area contributed by atoms with Gasteiger partial charge in [-0.1, -0.05) is 24.8 Å². The zero-order valence-corrected chi connectivity index (χ0v) is 11.3. The molecule has 0 radical (unpaired) electrons. The summed E-state index contributed by atoms with van der Waals surface area (Å²) in [4.78, 5) is 0. The highest BCUT2D eigenvalue weighted by atomic mass is 16.5. The lowest BCUT2D eigenvalue weighted by Crippen LogP contribution is -2.20. The van der Waals surface area contributed by atoms with Crippen LogP contribution in [0.25, 0.3) is 0 Å². The van der Waals surface area contributed by atoms with E-state index in [4.69, 9.17) is 9.47 Å². The van der Waals surface area contributed by atoms with Crippen LogP contribution in [0, 0.1) is 0 Å². The Morgan fingerprint density at radius 1 is 1.28 bits per heavy atom. The maximum absolute atomic E-state index is 5.45. The van der Waals surface area contributed by atoms with Gasteiger partial charge in [-0.25, -0.2) is 0 Å². The van der Waals surface area contributed by atoms with E-state index < -0.39 is 0 Å². The number of hydrogen-bond donors (Lipinski definition) is 1. The Hall–Kier alpha value is -1.32. The van der Waals surface area contributed by atoms with E-state index in [9.17, 15) is 0 Å². The van der Waals surface area contributed by atoms with Crippen molar-refractivity contribution in [3.8, 4) is 5.75 Å². The van der Waals surface area contributed by atoms with Crippen LogP contribution in [0.3, 0.4) is 0 Å². The Balaban J connectivity index is 2.20. The molecule has 0 bridgehead atoms. The lowest BCUT2D eigenvalue weighted by atomic mass is 10.2. The molecule has 0 aliphatic heterocycles. The fraction of sp³-hybridized carbons (Fsp3) is 0.467. The molecular formula is C15H23NO2. The molecule has 3 heteroatoms. The minimum absolute atomic E-state index is 0.299. The molecule has 1 aromatic carbocycles. The third-order valence-corrected chi connectivity index (χ3v) is 2.35. The maximum Gasteiger partial charge on any atom is 0.119 e. The van der Waals surface area contributed by atoms with Crippen LogP contribution in [0.5, 0.6) is 5.75 Å². The Morgan fingerprint density at radius 3 is 2.61 bits per heavy atom. The number of nitrogens with one attached hydrogen (secondary N) is 1. The van der Waals surface area contributed by atoms with Crippen LogP contribution < -0.4 is 10.1 Å². The Morgan fingerprint density at radius 2 is 2.00 bits per heavy atom. The summed E-state index contributed by atoms with van der Waals surface area (Å²) in [5.74, 6) is 0.877. The summed E-state index contributed by atoms with van der Waals surface area (Å²) < 4.78 is 10.9. The second kappa shape index (κ2) is 8.72. The topological polar surface area (TPSA) is 30.5 Å². The van der Waals surface area contributed by atoms with Crippen LogP contribution in [0.2, 0.25) is 0 Å². The number of ether oxygens (including phenoxy) is 2. The van der Waals surface area contributed by atoms with E-state index >= 15 is 0 Å². The lowest BCUT2D eigenvalue weighted by molar-refractivity contribution is 0.0807. The molecule has 0 saturated carbocycles. The van der Waals surface area contributed by atoms with Crippen molar-refractivity contribution in [2.75, 3.05) is 19.8 Å². The van der Waals surface area contributed by atoms with Crippen LogP contribution in [0.4, 0.5) is 0 Å². The van der Waals surface area contributed by atoms with Gasteiger partial charge in [0.1, 0.15) is 12.4 Å². The second-order valence-electron chi connectivity index (χ2n) is 4.34. The Bertz CT molecular complexity index is 333. The van der Waals surface area contributed by atoms with Gasteiger partial charge in [0.05, 0.1) is 12.7 Å². The number of rotatable bonds is 9. The molecule has 0 unspecified atom stereocenters. The Kier molecular flexibility index (Phi) is 7.14. The van der Waals surface area contributed by atoms with Gasteiger partial charge in [0, 0.05) is 13.1 Å². The zero-order valence-electron chi connectivity index (χ0n) is 11.3. The van der Waals surface area contributed by atoms with Gasteiger partial charge in [-0.2, -0.15) is 0 Å². The smallest absolute Gasteiger partial charge is 0.119 e. The molecule has 1 rings (SSSR count). The average Bonchev–Trinajstić information content (AvgIpc) is 2.37. The fourth-order valence-electron chi connectivity index (χ4n) is 1.46. The number of benzene rings is 1. The van der Waals surface area contributed by atoms with Crippen molar-refractivity contribution in [2.45, 2.75) is 26.5 Å². The third kappa shape index (κ3) is 6.42. The highest BCUT2D eigenvalue weighted by Gasteiger charge is 1.96. The molecule has 3 nitrogen and oxygen atoms in total. The molecule has 0 fully saturated rings. The SMILES string of the molecule is C=CCOc1ccc(CNCCOC(C)C)cc1. The first-order valence-electron chi connectivity index (χ1n) is 6.37. The maximum atomic E-state index is 5.45. The second-order valence-corrected chi connectivity index (χ2v) is 4.34. The van der Waals surface area contributed by atoms with E-state index in [2.05, 4.69) is 24.0 Å². The van der Waals surface area contributed by atoms with Crippen molar-refractivity contribution >= 4 is 0 Å². The normalized spacial score (nSPS) is 10.6. The molecule has 0 atom stereocenters. The quantitative estimate of drug-likeness (QED) is 0.539. The van der Waals surface area contributed by atoms with Gasteiger partial charge in [-0.15, -0.1) is 0 Å². The molecule has 0 aromatic heterocycles. The first-order valence-corrected chi connectivity index (χ1v) is 6.37. The van der Waals surface area contributed by atoms with E-state index in [1.54, 1.807) is 6.08 Å². The largest absolute Gasteiger partial charge is 0.490 e. The van der Waals surface area contributed by atoms with Crippen LogP contribution in [-0.4, -0.2) is 25.9 Å². The van der Waals surface area contributed by atoms with E-state index in [1.165, 1.54) is 5.56 Å². The van der Waals surface area contributed by atoms with Gasteiger partial charge in [0.15, 0.2) is 0 Å². The van der Waals surface area contributed by atoms with E-state index in [0.717, 1.165) is 25.4 Å². The molecule has 1 aromatic rings. The van der Waals surface area contributed by atoms with Crippen molar-refractivity contribution in [3.63, 3.8) is 0 Å². The lowest BCUT2D eigenvalue weighted by Gasteiger charge is -2.09.